The molecule has 0 bridgehead atoms. The molecule has 1 aliphatic carbocycles. The number of nitrogens with two attached hydrogens (primary N) is 1. The summed E-state index contributed by atoms with van der Waals surface area (Å²) in [6.45, 7) is 2.44. The Kier molecular flexibility index (Phi) is 3.46. The van der Waals surface area contributed by atoms with Gasteiger partial charge in [-0.05, 0) is 46.8 Å². The Bertz CT molecular complexity index is 438. The summed E-state index contributed by atoms with van der Waals surface area (Å²) in [4.78, 5) is 0. The average Bonchev–Trinajstić information content (AvgIpc) is 2.25. The Hall–Kier alpha value is -0.610. The van der Waals surface area contributed by atoms with E-state index in [4.69, 9.17) is 10.5 Å². The van der Waals surface area contributed by atoms with Crippen LogP contribution in [0.15, 0.2) is 10.5 Å². The third-order valence-electron chi connectivity index (χ3n) is 3.82. The summed E-state index contributed by atoms with van der Waals surface area (Å²) >= 11 is 3.36. The van der Waals surface area contributed by atoms with Crippen LogP contribution in [0.3, 0.4) is 0 Å². The van der Waals surface area contributed by atoms with E-state index < -0.39 is 0 Å². The molecule has 1 aromatic rings. The van der Waals surface area contributed by atoms with Crippen LogP contribution >= 0.6 is 15.9 Å². The van der Waals surface area contributed by atoms with Crippen molar-refractivity contribution in [1.29, 1.82) is 0 Å². The molecule has 0 heterocycles. The first-order valence-corrected chi connectivity index (χ1v) is 6.58. The third kappa shape index (κ3) is 1.87. The minimum atomic E-state index is -0.268. The fourth-order valence-electron chi connectivity index (χ4n) is 2.49. The predicted octanol–water partition coefficient (Wildman–Crippen LogP) is 3.29. The molecule has 17 heavy (non-hydrogen) atoms. The first kappa shape index (κ1) is 12.8. The van der Waals surface area contributed by atoms with Gasteiger partial charge in [0.1, 0.15) is 0 Å². The molecular formula is C13H17BrFNO. The number of hydrogen-bond acceptors (Lipinski definition) is 2. The number of hydrogen-bond donors (Lipinski definition) is 1. The van der Waals surface area contributed by atoms with Crippen LogP contribution in [-0.2, 0) is 5.41 Å². The molecule has 4 heteroatoms. The van der Waals surface area contributed by atoms with Crippen LogP contribution in [0.2, 0.25) is 0 Å². The van der Waals surface area contributed by atoms with E-state index in [1.54, 1.807) is 0 Å². The first-order valence-electron chi connectivity index (χ1n) is 5.79. The van der Waals surface area contributed by atoms with Gasteiger partial charge in [-0.1, -0.05) is 12.5 Å². The van der Waals surface area contributed by atoms with Gasteiger partial charge < -0.3 is 10.5 Å². The maximum absolute atomic E-state index is 14.4. The van der Waals surface area contributed by atoms with E-state index >= 15 is 0 Å². The van der Waals surface area contributed by atoms with Gasteiger partial charge in [0.2, 0.25) is 0 Å². The molecule has 0 radical (unpaired) electrons. The average molecular weight is 302 g/mol. The molecule has 94 valence electrons. The summed E-state index contributed by atoms with van der Waals surface area (Å²) in [7, 11) is 1.49. The molecule has 0 spiro atoms. The highest BCUT2D eigenvalue weighted by molar-refractivity contribution is 9.10. The van der Waals surface area contributed by atoms with Crippen molar-refractivity contribution in [2.75, 3.05) is 13.7 Å². The summed E-state index contributed by atoms with van der Waals surface area (Å²) in [6, 6.07) is 1.90. The summed E-state index contributed by atoms with van der Waals surface area (Å²) < 4.78 is 20.2. The molecular weight excluding hydrogens is 285 g/mol. The second kappa shape index (κ2) is 4.58. The highest BCUT2D eigenvalue weighted by Gasteiger charge is 2.40. The number of benzene rings is 1. The Morgan fingerprint density at radius 2 is 2.18 bits per heavy atom. The molecule has 1 fully saturated rings. The zero-order valence-corrected chi connectivity index (χ0v) is 11.7. The van der Waals surface area contributed by atoms with Gasteiger partial charge in [-0.2, -0.15) is 0 Å². The molecule has 2 rings (SSSR count). The van der Waals surface area contributed by atoms with Crippen LogP contribution in [0, 0.1) is 12.7 Å². The largest absolute Gasteiger partial charge is 0.492 e. The van der Waals surface area contributed by atoms with E-state index in [9.17, 15) is 4.39 Å². The molecule has 0 aliphatic heterocycles. The minimum Gasteiger partial charge on any atom is -0.492 e. The Morgan fingerprint density at radius 3 is 2.59 bits per heavy atom. The Balaban J connectivity index is 2.58. The SMILES string of the molecule is COc1c(F)c(C2(CN)CCC2)cc(C)c1Br. The minimum absolute atomic E-state index is 0.178. The van der Waals surface area contributed by atoms with Gasteiger partial charge in [0.05, 0.1) is 11.6 Å². The van der Waals surface area contributed by atoms with Crippen LogP contribution in [0.25, 0.3) is 0 Å². The van der Waals surface area contributed by atoms with Gasteiger partial charge in [0.25, 0.3) is 0 Å². The fourth-order valence-corrected chi connectivity index (χ4v) is 2.94. The van der Waals surface area contributed by atoms with Crippen molar-refractivity contribution in [3.63, 3.8) is 0 Å². The smallest absolute Gasteiger partial charge is 0.170 e. The normalized spacial score (nSPS) is 17.7. The molecule has 0 atom stereocenters. The van der Waals surface area contributed by atoms with Crippen molar-refractivity contribution >= 4 is 15.9 Å². The number of aryl methyl sites for hydroxylation is 1. The van der Waals surface area contributed by atoms with Crippen molar-refractivity contribution < 1.29 is 9.13 Å². The van der Waals surface area contributed by atoms with E-state index in [1.165, 1.54) is 7.11 Å². The molecule has 0 amide bonds. The van der Waals surface area contributed by atoms with Crippen LogP contribution in [0.4, 0.5) is 4.39 Å². The van der Waals surface area contributed by atoms with Crippen LogP contribution in [0.5, 0.6) is 5.75 Å². The second-order valence-corrected chi connectivity index (χ2v) is 5.53. The van der Waals surface area contributed by atoms with Gasteiger partial charge in [-0.15, -0.1) is 0 Å². The lowest BCUT2D eigenvalue weighted by molar-refractivity contribution is 0.241. The fraction of sp³-hybridized carbons (Fsp3) is 0.538. The van der Waals surface area contributed by atoms with Crippen molar-refractivity contribution in [3.05, 3.63) is 27.5 Å². The molecule has 1 saturated carbocycles. The lowest BCUT2D eigenvalue weighted by atomic mass is 9.64. The lowest BCUT2D eigenvalue weighted by Crippen LogP contribution is -2.42. The van der Waals surface area contributed by atoms with Gasteiger partial charge in [0, 0.05) is 12.0 Å². The Labute approximate surface area is 109 Å². The van der Waals surface area contributed by atoms with Gasteiger partial charge in [-0.3, -0.25) is 0 Å². The molecule has 1 aliphatic rings. The first-order chi connectivity index (χ1) is 8.05. The number of rotatable bonds is 3. The maximum atomic E-state index is 14.4. The summed E-state index contributed by atoms with van der Waals surface area (Å²) in [5, 5.41) is 0. The molecule has 0 saturated heterocycles. The highest BCUT2D eigenvalue weighted by atomic mass is 79.9. The molecule has 0 aromatic heterocycles. The van der Waals surface area contributed by atoms with Gasteiger partial charge >= 0.3 is 0 Å². The van der Waals surface area contributed by atoms with Crippen molar-refractivity contribution in [1.82, 2.24) is 0 Å². The number of ether oxygens (including phenoxy) is 1. The number of halogens is 2. The van der Waals surface area contributed by atoms with Crippen molar-refractivity contribution in [2.24, 2.45) is 5.73 Å². The zero-order valence-electron chi connectivity index (χ0n) is 10.1. The summed E-state index contributed by atoms with van der Waals surface area (Å²) in [5.41, 5.74) is 7.35. The molecule has 0 unspecified atom stereocenters. The van der Waals surface area contributed by atoms with Gasteiger partial charge in [-0.25, -0.2) is 4.39 Å². The third-order valence-corrected chi connectivity index (χ3v) is 4.80. The highest BCUT2D eigenvalue weighted by Crippen LogP contribution is 2.47. The summed E-state index contributed by atoms with van der Waals surface area (Å²) in [6.07, 6.45) is 3.05. The van der Waals surface area contributed by atoms with Crippen LogP contribution < -0.4 is 10.5 Å². The Morgan fingerprint density at radius 1 is 1.53 bits per heavy atom. The molecule has 2 N–H and O–H groups in total. The van der Waals surface area contributed by atoms with Gasteiger partial charge in [0.15, 0.2) is 11.6 Å². The molecule has 2 nitrogen and oxygen atoms in total. The standard InChI is InChI=1S/C13H17BrFNO/c1-8-6-9(13(7-16)4-3-5-13)11(15)12(17-2)10(8)14/h6H,3-5,7,16H2,1-2H3. The molecule has 1 aromatic carbocycles. The van der Waals surface area contributed by atoms with E-state index in [-0.39, 0.29) is 11.2 Å². The van der Waals surface area contributed by atoms with E-state index in [0.29, 0.717) is 22.3 Å². The monoisotopic (exact) mass is 301 g/mol. The van der Waals surface area contributed by atoms with E-state index in [0.717, 1.165) is 24.8 Å². The van der Waals surface area contributed by atoms with Crippen molar-refractivity contribution in [2.45, 2.75) is 31.6 Å². The van der Waals surface area contributed by atoms with Crippen LogP contribution in [0.1, 0.15) is 30.4 Å². The van der Waals surface area contributed by atoms with E-state index in [2.05, 4.69) is 15.9 Å². The maximum Gasteiger partial charge on any atom is 0.170 e. The lowest BCUT2D eigenvalue weighted by Gasteiger charge is -2.42. The van der Waals surface area contributed by atoms with Crippen LogP contribution in [-0.4, -0.2) is 13.7 Å². The topological polar surface area (TPSA) is 35.2 Å². The quantitative estimate of drug-likeness (QED) is 0.930. The summed E-state index contributed by atoms with van der Waals surface area (Å²) in [5.74, 6) is 0.0230. The predicted molar refractivity (Wildman–Crippen MR) is 70.0 cm³/mol. The number of methoxy groups -OCH3 is 1. The van der Waals surface area contributed by atoms with Crippen molar-refractivity contribution in [3.8, 4) is 5.75 Å². The second-order valence-electron chi connectivity index (χ2n) is 4.74. The zero-order chi connectivity index (χ0) is 12.6. The van der Waals surface area contributed by atoms with E-state index in [1.807, 2.05) is 13.0 Å².